The third-order valence-electron chi connectivity index (χ3n) is 7.00. The summed E-state index contributed by atoms with van der Waals surface area (Å²) in [5.74, 6) is 1.59. The van der Waals surface area contributed by atoms with Crippen molar-refractivity contribution in [2.24, 2.45) is 17.8 Å². The van der Waals surface area contributed by atoms with Crippen LogP contribution in [0.5, 0.6) is 0 Å². The normalized spacial score (nSPS) is 29.3. The highest BCUT2D eigenvalue weighted by Crippen LogP contribution is 2.40. The third-order valence-corrected chi connectivity index (χ3v) is 7.00. The van der Waals surface area contributed by atoms with Crippen LogP contribution in [0.2, 0.25) is 0 Å². The number of rotatable bonds is 7. The van der Waals surface area contributed by atoms with E-state index in [-0.39, 0.29) is 0 Å². The van der Waals surface area contributed by atoms with E-state index in [2.05, 4.69) is 19.1 Å². The standard InChI is InChI=1S/C25H36F2/c1-2-3-4-5-19-6-8-20(9-7-19)10-11-21-12-14-22(15-13-21)23-16-17-24(26)25(27)18-23/h4-5,16-22H,2-3,6-15H2,1H3/t19-,20-,21-,22-. The van der Waals surface area contributed by atoms with Crippen molar-refractivity contribution in [1.82, 2.24) is 0 Å². The van der Waals surface area contributed by atoms with Gasteiger partial charge in [-0.05, 0) is 99.2 Å². The maximum Gasteiger partial charge on any atom is 0.159 e. The summed E-state index contributed by atoms with van der Waals surface area (Å²) in [7, 11) is 0. The zero-order valence-corrected chi connectivity index (χ0v) is 16.9. The van der Waals surface area contributed by atoms with Crippen LogP contribution in [0, 0.1) is 29.4 Å². The number of hydrogen-bond donors (Lipinski definition) is 0. The summed E-state index contributed by atoms with van der Waals surface area (Å²) >= 11 is 0. The van der Waals surface area contributed by atoms with E-state index in [1.165, 1.54) is 76.3 Å². The molecule has 1 aromatic rings. The van der Waals surface area contributed by atoms with E-state index >= 15 is 0 Å². The Hall–Kier alpha value is -1.18. The van der Waals surface area contributed by atoms with Crippen LogP contribution in [0.4, 0.5) is 8.78 Å². The first kappa shape index (κ1) is 20.6. The van der Waals surface area contributed by atoms with E-state index in [4.69, 9.17) is 0 Å². The molecule has 2 fully saturated rings. The molecule has 0 spiro atoms. The quantitative estimate of drug-likeness (QED) is 0.422. The Labute approximate surface area is 164 Å². The van der Waals surface area contributed by atoms with Gasteiger partial charge in [-0.25, -0.2) is 8.78 Å². The van der Waals surface area contributed by atoms with E-state index < -0.39 is 11.6 Å². The van der Waals surface area contributed by atoms with Crippen molar-refractivity contribution in [2.75, 3.05) is 0 Å². The molecule has 2 aliphatic rings. The fraction of sp³-hybridized carbons (Fsp3) is 0.680. The molecule has 0 unspecified atom stereocenters. The first-order valence-electron chi connectivity index (χ1n) is 11.3. The summed E-state index contributed by atoms with van der Waals surface area (Å²) < 4.78 is 26.6. The molecule has 0 radical (unpaired) electrons. The smallest absolute Gasteiger partial charge is 0.159 e. The molecule has 2 saturated carbocycles. The van der Waals surface area contributed by atoms with Crippen LogP contribution in [0.25, 0.3) is 0 Å². The Morgan fingerprint density at radius 3 is 2.07 bits per heavy atom. The van der Waals surface area contributed by atoms with Crippen LogP contribution in [-0.2, 0) is 0 Å². The number of unbranched alkanes of at least 4 members (excludes halogenated alkanes) is 1. The van der Waals surface area contributed by atoms with E-state index in [0.717, 1.165) is 36.2 Å². The van der Waals surface area contributed by atoms with Gasteiger partial charge in [0.25, 0.3) is 0 Å². The Balaban J connectivity index is 1.35. The average Bonchev–Trinajstić information content (AvgIpc) is 2.70. The van der Waals surface area contributed by atoms with Crippen molar-refractivity contribution in [1.29, 1.82) is 0 Å². The fourth-order valence-electron chi connectivity index (χ4n) is 5.15. The first-order chi connectivity index (χ1) is 13.2. The van der Waals surface area contributed by atoms with Gasteiger partial charge in [-0.1, -0.05) is 44.4 Å². The summed E-state index contributed by atoms with van der Waals surface area (Å²) in [5, 5.41) is 0. The maximum absolute atomic E-state index is 13.5. The molecular formula is C25H36F2. The van der Waals surface area contributed by atoms with Gasteiger partial charge in [0.1, 0.15) is 0 Å². The lowest BCUT2D eigenvalue weighted by Crippen LogP contribution is -2.17. The van der Waals surface area contributed by atoms with Gasteiger partial charge in [-0.3, -0.25) is 0 Å². The van der Waals surface area contributed by atoms with Crippen molar-refractivity contribution in [2.45, 2.75) is 89.9 Å². The number of halogens is 2. The predicted molar refractivity (Wildman–Crippen MR) is 110 cm³/mol. The summed E-state index contributed by atoms with van der Waals surface area (Å²) in [6.07, 6.45) is 20.4. The summed E-state index contributed by atoms with van der Waals surface area (Å²) in [6, 6.07) is 4.47. The molecule has 0 N–H and O–H groups in total. The maximum atomic E-state index is 13.5. The summed E-state index contributed by atoms with van der Waals surface area (Å²) in [6.45, 7) is 2.24. The van der Waals surface area contributed by atoms with Crippen LogP contribution < -0.4 is 0 Å². The fourth-order valence-corrected chi connectivity index (χ4v) is 5.15. The minimum Gasteiger partial charge on any atom is -0.204 e. The van der Waals surface area contributed by atoms with Gasteiger partial charge in [0, 0.05) is 0 Å². The van der Waals surface area contributed by atoms with Gasteiger partial charge in [0.2, 0.25) is 0 Å². The molecule has 0 amide bonds. The molecular weight excluding hydrogens is 338 g/mol. The lowest BCUT2D eigenvalue weighted by molar-refractivity contribution is 0.246. The summed E-state index contributed by atoms with van der Waals surface area (Å²) in [4.78, 5) is 0. The molecule has 0 saturated heterocycles. The molecule has 0 nitrogen and oxygen atoms in total. The molecule has 0 bridgehead atoms. The van der Waals surface area contributed by atoms with Crippen LogP contribution in [0.1, 0.15) is 95.5 Å². The van der Waals surface area contributed by atoms with Crippen molar-refractivity contribution < 1.29 is 8.78 Å². The minimum atomic E-state index is -0.733. The molecule has 0 aliphatic heterocycles. The predicted octanol–water partition coefficient (Wildman–Crippen LogP) is 8.18. The molecule has 150 valence electrons. The molecule has 2 aliphatic carbocycles. The largest absolute Gasteiger partial charge is 0.204 e. The van der Waals surface area contributed by atoms with Gasteiger partial charge >= 0.3 is 0 Å². The lowest BCUT2D eigenvalue weighted by atomic mass is 9.74. The topological polar surface area (TPSA) is 0 Å². The molecule has 3 rings (SSSR count). The minimum absolute atomic E-state index is 0.418. The van der Waals surface area contributed by atoms with Crippen molar-refractivity contribution in [3.05, 3.63) is 47.5 Å². The van der Waals surface area contributed by atoms with E-state index in [1.807, 2.05) is 0 Å². The van der Waals surface area contributed by atoms with Crippen LogP contribution >= 0.6 is 0 Å². The van der Waals surface area contributed by atoms with Gasteiger partial charge < -0.3 is 0 Å². The average molecular weight is 375 g/mol. The molecule has 0 heterocycles. The second-order valence-electron chi connectivity index (χ2n) is 8.97. The number of allylic oxidation sites excluding steroid dienone is 2. The Kier molecular flexibility index (Phi) is 7.91. The highest BCUT2D eigenvalue weighted by Gasteiger charge is 2.25. The van der Waals surface area contributed by atoms with Crippen LogP contribution in [0.15, 0.2) is 30.4 Å². The van der Waals surface area contributed by atoms with Crippen LogP contribution in [0.3, 0.4) is 0 Å². The first-order valence-corrected chi connectivity index (χ1v) is 11.3. The lowest BCUT2D eigenvalue weighted by Gasteiger charge is -2.31. The molecule has 0 aromatic heterocycles. The van der Waals surface area contributed by atoms with Crippen molar-refractivity contribution >= 4 is 0 Å². The van der Waals surface area contributed by atoms with E-state index in [1.54, 1.807) is 6.07 Å². The second-order valence-corrected chi connectivity index (χ2v) is 8.97. The van der Waals surface area contributed by atoms with Gasteiger partial charge in [-0.15, -0.1) is 0 Å². The molecule has 2 heteroatoms. The molecule has 0 atom stereocenters. The highest BCUT2D eigenvalue weighted by molar-refractivity contribution is 5.22. The SMILES string of the molecule is CCCC=C[C@H]1CC[C@H](CC[C@H]2CC[C@H](c3ccc(F)c(F)c3)CC2)CC1. The van der Waals surface area contributed by atoms with Gasteiger partial charge in [0.15, 0.2) is 11.6 Å². The number of benzene rings is 1. The van der Waals surface area contributed by atoms with Gasteiger partial charge in [-0.2, -0.15) is 0 Å². The van der Waals surface area contributed by atoms with E-state index in [0.29, 0.717) is 5.92 Å². The van der Waals surface area contributed by atoms with Crippen LogP contribution in [-0.4, -0.2) is 0 Å². The summed E-state index contributed by atoms with van der Waals surface area (Å²) in [5.41, 5.74) is 0.988. The Morgan fingerprint density at radius 2 is 1.48 bits per heavy atom. The van der Waals surface area contributed by atoms with Crippen molar-refractivity contribution in [3.63, 3.8) is 0 Å². The van der Waals surface area contributed by atoms with Crippen molar-refractivity contribution in [3.8, 4) is 0 Å². The Bertz CT molecular complexity index is 590. The second kappa shape index (κ2) is 10.4. The highest BCUT2D eigenvalue weighted by atomic mass is 19.2. The zero-order valence-electron chi connectivity index (χ0n) is 16.9. The Morgan fingerprint density at radius 1 is 0.852 bits per heavy atom. The third kappa shape index (κ3) is 6.16. The van der Waals surface area contributed by atoms with Gasteiger partial charge in [0.05, 0.1) is 0 Å². The van der Waals surface area contributed by atoms with E-state index in [9.17, 15) is 8.78 Å². The number of hydrogen-bond acceptors (Lipinski definition) is 0. The monoisotopic (exact) mass is 374 g/mol. The zero-order chi connectivity index (χ0) is 19.1. The molecule has 1 aromatic carbocycles. The molecule has 27 heavy (non-hydrogen) atoms.